The number of halogens is 1. The van der Waals surface area contributed by atoms with Gasteiger partial charge in [0.05, 0.1) is 5.92 Å². The van der Waals surface area contributed by atoms with Gasteiger partial charge < -0.3 is 4.90 Å². The highest BCUT2D eigenvalue weighted by Crippen LogP contribution is 2.20. The molecular formula is C11H14BrNO. The summed E-state index contributed by atoms with van der Waals surface area (Å²) in [4.78, 5) is 13.3. The van der Waals surface area contributed by atoms with Gasteiger partial charge in [0.15, 0.2) is 0 Å². The van der Waals surface area contributed by atoms with E-state index in [1.165, 1.54) is 0 Å². The normalized spacial score (nSPS) is 12.3. The van der Waals surface area contributed by atoms with Crippen LogP contribution in [0.3, 0.4) is 0 Å². The fraction of sp³-hybridized carbons (Fsp3) is 0.364. The summed E-state index contributed by atoms with van der Waals surface area (Å²) in [5, 5.41) is 0. The van der Waals surface area contributed by atoms with Crippen LogP contribution in [0.25, 0.3) is 0 Å². The minimum absolute atomic E-state index is 0.0810. The van der Waals surface area contributed by atoms with Crippen LogP contribution in [0.4, 0.5) is 0 Å². The van der Waals surface area contributed by atoms with E-state index in [9.17, 15) is 4.79 Å². The number of hydrogen-bond acceptors (Lipinski definition) is 1. The van der Waals surface area contributed by atoms with Gasteiger partial charge in [-0.05, 0) is 24.6 Å². The van der Waals surface area contributed by atoms with Crippen molar-refractivity contribution in [2.75, 3.05) is 14.1 Å². The molecule has 0 heterocycles. The highest BCUT2D eigenvalue weighted by Gasteiger charge is 2.16. The predicted molar refractivity (Wildman–Crippen MR) is 61.3 cm³/mol. The molecule has 1 aromatic carbocycles. The highest BCUT2D eigenvalue weighted by atomic mass is 79.9. The first-order valence-electron chi connectivity index (χ1n) is 4.49. The molecule has 1 atom stereocenters. The maximum atomic E-state index is 11.7. The summed E-state index contributed by atoms with van der Waals surface area (Å²) >= 11 is 3.39. The van der Waals surface area contributed by atoms with E-state index >= 15 is 0 Å². The monoisotopic (exact) mass is 255 g/mol. The Morgan fingerprint density at radius 1 is 1.43 bits per heavy atom. The first kappa shape index (κ1) is 11.2. The number of benzene rings is 1. The number of amides is 1. The SMILES string of the molecule is CC(C(=O)N(C)C)c1cccc(Br)c1. The average Bonchev–Trinajstić information content (AvgIpc) is 2.15. The molecule has 3 heteroatoms. The summed E-state index contributed by atoms with van der Waals surface area (Å²) in [6.45, 7) is 1.92. The molecule has 0 radical (unpaired) electrons. The Labute approximate surface area is 93.0 Å². The molecule has 1 aromatic rings. The zero-order valence-corrected chi connectivity index (χ0v) is 10.2. The molecule has 0 aromatic heterocycles. The minimum Gasteiger partial charge on any atom is -0.348 e. The third-order valence-electron chi connectivity index (χ3n) is 2.16. The summed E-state index contributed by atoms with van der Waals surface area (Å²) in [5.41, 5.74) is 1.04. The van der Waals surface area contributed by atoms with Gasteiger partial charge in [0.2, 0.25) is 5.91 Å². The van der Waals surface area contributed by atoms with Crippen LogP contribution in [0.2, 0.25) is 0 Å². The molecule has 0 aliphatic rings. The first-order valence-corrected chi connectivity index (χ1v) is 5.28. The summed E-state index contributed by atoms with van der Waals surface area (Å²) in [6.07, 6.45) is 0. The van der Waals surface area contributed by atoms with Gasteiger partial charge in [0, 0.05) is 18.6 Å². The Morgan fingerprint density at radius 2 is 2.07 bits per heavy atom. The van der Waals surface area contributed by atoms with Crippen molar-refractivity contribution in [2.45, 2.75) is 12.8 Å². The van der Waals surface area contributed by atoms with Gasteiger partial charge in [-0.15, -0.1) is 0 Å². The van der Waals surface area contributed by atoms with Gasteiger partial charge in [-0.2, -0.15) is 0 Å². The topological polar surface area (TPSA) is 20.3 Å². The van der Waals surface area contributed by atoms with Crippen LogP contribution in [0.1, 0.15) is 18.4 Å². The number of carbonyl (C=O) groups excluding carboxylic acids is 1. The first-order chi connectivity index (χ1) is 6.52. The Bertz CT molecular complexity index is 336. The van der Waals surface area contributed by atoms with Crippen molar-refractivity contribution in [3.05, 3.63) is 34.3 Å². The third kappa shape index (κ3) is 2.58. The molecule has 1 rings (SSSR count). The van der Waals surface area contributed by atoms with Gasteiger partial charge in [0.1, 0.15) is 0 Å². The van der Waals surface area contributed by atoms with Crippen molar-refractivity contribution >= 4 is 21.8 Å². The van der Waals surface area contributed by atoms with Crippen molar-refractivity contribution in [3.8, 4) is 0 Å². The van der Waals surface area contributed by atoms with Crippen molar-refractivity contribution < 1.29 is 4.79 Å². The van der Waals surface area contributed by atoms with Gasteiger partial charge >= 0.3 is 0 Å². The van der Waals surface area contributed by atoms with Gasteiger partial charge in [-0.25, -0.2) is 0 Å². The fourth-order valence-electron chi connectivity index (χ4n) is 1.31. The number of nitrogens with zero attached hydrogens (tertiary/aromatic N) is 1. The Hall–Kier alpha value is -0.830. The molecule has 0 fully saturated rings. The van der Waals surface area contributed by atoms with Crippen molar-refractivity contribution in [1.29, 1.82) is 0 Å². The molecule has 1 unspecified atom stereocenters. The van der Waals surface area contributed by atoms with Crippen LogP contribution in [0.5, 0.6) is 0 Å². The zero-order valence-electron chi connectivity index (χ0n) is 8.62. The summed E-state index contributed by atoms with van der Waals surface area (Å²) in [5.74, 6) is 0.0469. The van der Waals surface area contributed by atoms with E-state index in [2.05, 4.69) is 15.9 Å². The average molecular weight is 256 g/mol. The Kier molecular flexibility index (Phi) is 3.69. The van der Waals surface area contributed by atoms with E-state index in [1.54, 1.807) is 19.0 Å². The van der Waals surface area contributed by atoms with E-state index in [0.717, 1.165) is 10.0 Å². The predicted octanol–water partition coefficient (Wildman–Crippen LogP) is 2.64. The molecule has 1 amide bonds. The van der Waals surface area contributed by atoms with Crippen LogP contribution in [0, 0.1) is 0 Å². The van der Waals surface area contributed by atoms with Crippen LogP contribution < -0.4 is 0 Å². The number of carbonyl (C=O) groups is 1. The minimum atomic E-state index is -0.0810. The van der Waals surface area contributed by atoms with E-state index in [0.29, 0.717) is 0 Å². The molecule has 0 N–H and O–H groups in total. The van der Waals surface area contributed by atoms with Crippen molar-refractivity contribution in [2.24, 2.45) is 0 Å². The Balaban J connectivity index is 2.89. The van der Waals surface area contributed by atoms with Crippen molar-refractivity contribution in [1.82, 2.24) is 4.90 Å². The number of rotatable bonds is 2. The van der Waals surface area contributed by atoms with E-state index in [-0.39, 0.29) is 11.8 Å². The molecule has 2 nitrogen and oxygen atoms in total. The maximum absolute atomic E-state index is 11.7. The van der Waals surface area contributed by atoms with Gasteiger partial charge in [-0.3, -0.25) is 4.79 Å². The van der Waals surface area contributed by atoms with Gasteiger partial charge in [-0.1, -0.05) is 28.1 Å². The van der Waals surface area contributed by atoms with E-state index in [4.69, 9.17) is 0 Å². The molecule has 0 aliphatic heterocycles. The third-order valence-corrected chi connectivity index (χ3v) is 2.65. The second-order valence-corrected chi connectivity index (χ2v) is 4.43. The smallest absolute Gasteiger partial charge is 0.229 e. The maximum Gasteiger partial charge on any atom is 0.229 e. The molecule has 0 spiro atoms. The standard InChI is InChI=1S/C11H14BrNO/c1-8(11(14)13(2)3)9-5-4-6-10(12)7-9/h4-8H,1-3H3. The lowest BCUT2D eigenvalue weighted by atomic mass is 10.0. The molecule has 76 valence electrons. The zero-order chi connectivity index (χ0) is 10.7. The molecule has 0 saturated heterocycles. The summed E-state index contributed by atoms with van der Waals surface area (Å²) in [6, 6.07) is 7.85. The van der Waals surface area contributed by atoms with Crippen LogP contribution in [-0.4, -0.2) is 24.9 Å². The molecular weight excluding hydrogens is 242 g/mol. The molecule has 0 saturated carbocycles. The Morgan fingerprint density at radius 3 is 2.57 bits per heavy atom. The lowest BCUT2D eigenvalue weighted by Crippen LogP contribution is -2.26. The lowest BCUT2D eigenvalue weighted by molar-refractivity contribution is -0.129. The van der Waals surface area contributed by atoms with Crippen molar-refractivity contribution in [3.63, 3.8) is 0 Å². The van der Waals surface area contributed by atoms with Crippen LogP contribution in [-0.2, 0) is 4.79 Å². The van der Waals surface area contributed by atoms with E-state index in [1.807, 2.05) is 31.2 Å². The fourth-order valence-corrected chi connectivity index (χ4v) is 1.72. The summed E-state index contributed by atoms with van der Waals surface area (Å²) < 4.78 is 1.01. The largest absolute Gasteiger partial charge is 0.348 e. The van der Waals surface area contributed by atoms with Gasteiger partial charge in [0.25, 0.3) is 0 Å². The number of hydrogen-bond donors (Lipinski definition) is 0. The van der Waals surface area contributed by atoms with E-state index < -0.39 is 0 Å². The second kappa shape index (κ2) is 4.60. The quantitative estimate of drug-likeness (QED) is 0.796. The molecule has 0 bridgehead atoms. The van der Waals surface area contributed by atoms with Crippen LogP contribution >= 0.6 is 15.9 Å². The highest BCUT2D eigenvalue weighted by molar-refractivity contribution is 9.10. The molecule has 0 aliphatic carbocycles. The second-order valence-electron chi connectivity index (χ2n) is 3.51. The molecule has 14 heavy (non-hydrogen) atoms. The number of likely N-dealkylation sites (N-methyl/N-ethyl adjacent to an activating group) is 1. The lowest BCUT2D eigenvalue weighted by Gasteiger charge is -2.17. The summed E-state index contributed by atoms with van der Waals surface area (Å²) in [7, 11) is 3.55. The van der Waals surface area contributed by atoms with Crippen LogP contribution in [0.15, 0.2) is 28.7 Å².